The van der Waals surface area contributed by atoms with Gasteiger partial charge in [0.1, 0.15) is 0 Å². The lowest BCUT2D eigenvalue weighted by molar-refractivity contribution is 0.322. The zero-order valence-corrected chi connectivity index (χ0v) is 17.1. The number of benzene rings is 2. The molecule has 0 atom stereocenters. The summed E-state index contributed by atoms with van der Waals surface area (Å²) in [6, 6.07) is 12.5. The minimum atomic E-state index is 0.490. The largest absolute Gasteiger partial charge is 0.493 e. The molecule has 2 aromatic rings. The van der Waals surface area contributed by atoms with Gasteiger partial charge in [-0.25, -0.2) is 4.99 Å². The number of aliphatic imine (C=N–C) groups is 1. The predicted octanol–water partition coefficient (Wildman–Crippen LogP) is 3.24. The van der Waals surface area contributed by atoms with Crippen molar-refractivity contribution in [3.05, 3.63) is 53.1 Å². The molecule has 0 amide bonds. The van der Waals surface area contributed by atoms with Gasteiger partial charge in [0.15, 0.2) is 17.5 Å². The van der Waals surface area contributed by atoms with Gasteiger partial charge in [0.2, 0.25) is 5.75 Å². The lowest BCUT2D eigenvalue weighted by Gasteiger charge is -2.31. The Morgan fingerprint density at radius 3 is 2.43 bits per heavy atom. The zero-order chi connectivity index (χ0) is 19.9. The average Bonchev–Trinajstić information content (AvgIpc) is 2.75. The first kappa shape index (κ1) is 19.9. The van der Waals surface area contributed by atoms with Gasteiger partial charge in [-0.2, -0.15) is 0 Å². The molecule has 0 saturated heterocycles. The minimum Gasteiger partial charge on any atom is -0.493 e. The minimum absolute atomic E-state index is 0.490. The highest BCUT2D eigenvalue weighted by Gasteiger charge is 2.20. The maximum Gasteiger partial charge on any atom is 0.203 e. The van der Waals surface area contributed by atoms with Crippen LogP contribution in [0.2, 0.25) is 0 Å². The Labute approximate surface area is 167 Å². The quantitative estimate of drug-likeness (QED) is 0.613. The highest BCUT2D eigenvalue weighted by molar-refractivity contribution is 5.80. The molecule has 0 unspecified atom stereocenters. The molecule has 0 aliphatic carbocycles. The van der Waals surface area contributed by atoms with Crippen LogP contribution in [-0.4, -0.2) is 45.3 Å². The number of hydrogen-bond acceptors (Lipinski definition) is 4. The van der Waals surface area contributed by atoms with E-state index in [-0.39, 0.29) is 0 Å². The molecule has 28 heavy (non-hydrogen) atoms. The molecule has 0 fully saturated rings. The molecule has 0 spiro atoms. The Balaban J connectivity index is 1.84. The molecule has 1 N–H and O–H groups in total. The molecule has 3 rings (SSSR count). The fraction of sp³-hybridized carbons (Fsp3) is 0.409. The average molecular weight is 383 g/mol. The molecule has 0 bridgehead atoms. The van der Waals surface area contributed by atoms with Crippen molar-refractivity contribution in [3.8, 4) is 17.2 Å². The van der Waals surface area contributed by atoms with Crippen molar-refractivity contribution < 1.29 is 14.2 Å². The number of ether oxygens (including phenoxy) is 3. The van der Waals surface area contributed by atoms with Crippen LogP contribution in [-0.2, 0) is 19.5 Å². The van der Waals surface area contributed by atoms with Crippen LogP contribution in [0.15, 0.2) is 41.4 Å². The summed E-state index contributed by atoms with van der Waals surface area (Å²) in [5.74, 6) is 2.81. The molecule has 1 aliphatic rings. The number of rotatable bonds is 6. The normalized spacial score (nSPS) is 13.7. The van der Waals surface area contributed by atoms with Crippen LogP contribution in [0.3, 0.4) is 0 Å². The van der Waals surface area contributed by atoms with E-state index >= 15 is 0 Å². The standard InChI is InChI=1S/C22H29N3O3/c1-5-23-22(25-13-12-16-8-6-7-9-18(16)15-25)24-14-17-10-11-19(26-2)21(28-4)20(17)27-3/h6-11H,5,12-15H2,1-4H3,(H,23,24). The summed E-state index contributed by atoms with van der Waals surface area (Å²) in [4.78, 5) is 7.18. The summed E-state index contributed by atoms with van der Waals surface area (Å²) in [5, 5.41) is 3.42. The number of hydrogen-bond donors (Lipinski definition) is 1. The second-order valence-corrected chi connectivity index (χ2v) is 6.60. The molecular formula is C22H29N3O3. The van der Waals surface area contributed by atoms with E-state index in [9.17, 15) is 0 Å². The zero-order valence-electron chi connectivity index (χ0n) is 17.1. The van der Waals surface area contributed by atoms with E-state index in [1.165, 1.54) is 11.1 Å². The van der Waals surface area contributed by atoms with Crippen LogP contribution in [0.25, 0.3) is 0 Å². The molecule has 1 heterocycles. The lowest BCUT2D eigenvalue weighted by atomic mass is 10.0. The highest BCUT2D eigenvalue weighted by atomic mass is 16.5. The Hall–Kier alpha value is -2.89. The van der Waals surface area contributed by atoms with E-state index in [0.717, 1.165) is 37.6 Å². The highest BCUT2D eigenvalue weighted by Crippen LogP contribution is 2.40. The van der Waals surface area contributed by atoms with Crippen LogP contribution in [0.4, 0.5) is 0 Å². The van der Waals surface area contributed by atoms with Crippen LogP contribution >= 0.6 is 0 Å². The number of nitrogens with zero attached hydrogens (tertiary/aromatic N) is 2. The molecule has 0 radical (unpaired) electrons. The molecule has 6 nitrogen and oxygen atoms in total. The molecule has 0 saturated carbocycles. The fourth-order valence-corrected chi connectivity index (χ4v) is 3.55. The van der Waals surface area contributed by atoms with Gasteiger partial charge in [-0.15, -0.1) is 0 Å². The van der Waals surface area contributed by atoms with Crippen LogP contribution in [0, 0.1) is 0 Å². The molecule has 1 aliphatic heterocycles. The van der Waals surface area contributed by atoms with Crippen LogP contribution < -0.4 is 19.5 Å². The van der Waals surface area contributed by atoms with Crippen molar-refractivity contribution in [2.24, 2.45) is 4.99 Å². The van der Waals surface area contributed by atoms with Gasteiger partial charge in [0, 0.05) is 25.2 Å². The first-order valence-electron chi connectivity index (χ1n) is 9.59. The van der Waals surface area contributed by atoms with Gasteiger partial charge in [-0.1, -0.05) is 24.3 Å². The molecule has 0 aromatic heterocycles. The van der Waals surface area contributed by atoms with Crippen molar-refractivity contribution in [1.82, 2.24) is 10.2 Å². The second-order valence-electron chi connectivity index (χ2n) is 6.60. The number of fused-ring (bicyclic) bond motifs is 1. The van der Waals surface area contributed by atoms with E-state index < -0.39 is 0 Å². The lowest BCUT2D eigenvalue weighted by Crippen LogP contribution is -2.44. The van der Waals surface area contributed by atoms with E-state index in [1.807, 2.05) is 12.1 Å². The monoisotopic (exact) mass is 383 g/mol. The first-order valence-corrected chi connectivity index (χ1v) is 9.59. The van der Waals surface area contributed by atoms with E-state index in [0.29, 0.717) is 23.8 Å². The van der Waals surface area contributed by atoms with Gasteiger partial charge in [0.25, 0.3) is 0 Å². The summed E-state index contributed by atoms with van der Waals surface area (Å²) in [7, 11) is 4.87. The number of nitrogens with one attached hydrogen (secondary N) is 1. The fourth-order valence-electron chi connectivity index (χ4n) is 3.55. The molecule has 6 heteroatoms. The molecular weight excluding hydrogens is 354 g/mol. The summed E-state index contributed by atoms with van der Waals surface area (Å²) in [5.41, 5.74) is 3.74. The van der Waals surface area contributed by atoms with Gasteiger partial charge in [0.05, 0.1) is 27.9 Å². The topological polar surface area (TPSA) is 55.3 Å². The Bertz CT molecular complexity index is 836. The molecule has 150 valence electrons. The third kappa shape index (κ3) is 4.16. The molecule has 2 aromatic carbocycles. The van der Waals surface area contributed by atoms with Crippen molar-refractivity contribution >= 4 is 5.96 Å². The van der Waals surface area contributed by atoms with Crippen molar-refractivity contribution in [1.29, 1.82) is 0 Å². The van der Waals surface area contributed by atoms with Crippen molar-refractivity contribution in [2.75, 3.05) is 34.4 Å². The van der Waals surface area contributed by atoms with E-state index in [1.54, 1.807) is 21.3 Å². The van der Waals surface area contributed by atoms with Gasteiger partial charge >= 0.3 is 0 Å². The Kier molecular flexibility index (Phi) is 6.63. The summed E-state index contributed by atoms with van der Waals surface area (Å²) >= 11 is 0. The van der Waals surface area contributed by atoms with Gasteiger partial charge in [-0.3, -0.25) is 0 Å². The summed E-state index contributed by atoms with van der Waals surface area (Å²) < 4.78 is 16.4. The van der Waals surface area contributed by atoms with Gasteiger partial charge in [-0.05, 0) is 36.6 Å². The smallest absolute Gasteiger partial charge is 0.203 e. The first-order chi connectivity index (χ1) is 13.7. The Morgan fingerprint density at radius 1 is 1.00 bits per heavy atom. The number of methoxy groups -OCH3 is 3. The summed E-state index contributed by atoms with van der Waals surface area (Å²) in [6.45, 7) is 5.21. The van der Waals surface area contributed by atoms with Crippen molar-refractivity contribution in [2.45, 2.75) is 26.4 Å². The number of guanidine groups is 1. The van der Waals surface area contributed by atoms with Crippen molar-refractivity contribution in [3.63, 3.8) is 0 Å². The van der Waals surface area contributed by atoms with E-state index in [2.05, 4.69) is 41.4 Å². The second kappa shape index (κ2) is 9.35. The van der Waals surface area contributed by atoms with Crippen LogP contribution in [0.1, 0.15) is 23.6 Å². The third-order valence-electron chi connectivity index (χ3n) is 4.95. The maximum atomic E-state index is 5.59. The SMILES string of the molecule is CCNC(=NCc1ccc(OC)c(OC)c1OC)N1CCc2ccccc2C1. The predicted molar refractivity (Wildman–Crippen MR) is 111 cm³/mol. The third-order valence-corrected chi connectivity index (χ3v) is 4.95. The van der Waals surface area contributed by atoms with Crippen LogP contribution in [0.5, 0.6) is 17.2 Å². The maximum absolute atomic E-state index is 5.59. The Morgan fingerprint density at radius 2 is 1.75 bits per heavy atom. The van der Waals surface area contributed by atoms with E-state index in [4.69, 9.17) is 19.2 Å². The summed E-state index contributed by atoms with van der Waals surface area (Å²) in [6.07, 6.45) is 1.03. The van der Waals surface area contributed by atoms with Gasteiger partial charge < -0.3 is 24.4 Å².